The summed E-state index contributed by atoms with van der Waals surface area (Å²) in [7, 11) is 0. The van der Waals surface area contributed by atoms with Crippen LogP contribution in [0.4, 0.5) is 4.39 Å². The number of nitrogens with zero attached hydrogens (tertiary/aromatic N) is 2. The molecule has 0 unspecified atom stereocenters. The fourth-order valence-corrected chi connectivity index (χ4v) is 3.66. The van der Waals surface area contributed by atoms with Gasteiger partial charge in [0.1, 0.15) is 5.82 Å². The zero-order valence-electron chi connectivity index (χ0n) is 15.2. The third-order valence-corrected chi connectivity index (χ3v) is 5.56. The third-order valence-electron chi connectivity index (χ3n) is 4.86. The maximum absolute atomic E-state index is 13.1. The highest BCUT2D eigenvalue weighted by Crippen LogP contribution is 2.27. The minimum Gasteiger partial charge on any atom is -0.477 e. The molecule has 142 valence electrons. The van der Waals surface area contributed by atoms with Gasteiger partial charge in [-0.1, -0.05) is 18.7 Å². The van der Waals surface area contributed by atoms with E-state index in [0.717, 1.165) is 29.1 Å². The van der Waals surface area contributed by atoms with Crippen LogP contribution in [-0.2, 0) is 0 Å². The third kappa shape index (κ3) is 4.75. The molecule has 0 bridgehead atoms. The number of hydrogen-bond donors (Lipinski definition) is 0. The summed E-state index contributed by atoms with van der Waals surface area (Å²) in [5.74, 6) is 0.216. The summed E-state index contributed by atoms with van der Waals surface area (Å²) in [6, 6.07) is 8.65. The van der Waals surface area contributed by atoms with E-state index in [1.807, 2.05) is 23.1 Å². The van der Waals surface area contributed by atoms with E-state index in [9.17, 15) is 9.18 Å². The number of aromatic nitrogens is 1. The topological polar surface area (TPSA) is 42.4 Å². The quantitative estimate of drug-likeness (QED) is 0.671. The number of carbonyl (C=O) groups is 1. The molecule has 1 aliphatic heterocycles. The fraction of sp³-hybridized carbons (Fsp3) is 0.333. The Morgan fingerprint density at radius 2 is 2.22 bits per heavy atom. The van der Waals surface area contributed by atoms with Crippen LogP contribution < -0.4 is 4.74 Å². The lowest BCUT2D eigenvalue weighted by molar-refractivity contribution is 0.0501. The average Bonchev–Trinajstić information content (AvgIpc) is 2.68. The second-order valence-corrected chi connectivity index (χ2v) is 7.67. The van der Waals surface area contributed by atoms with E-state index in [0.29, 0.717) is 24.6 Å². The summed E-state index contributed by atoms with van der Waals surface area (Å²) in [6.07, 6.45) is 4.75. The number of hydrogen-bond acceptors (Lipinski definition) is 3. The molecule has 2 atom stereocenters. The van der Waals surface area contributed by atoms with Crippen molar-refractivity contribution >= 4 is 27.9 Å². The highest BCUT2D eigenvalue weighted by Gasteiger charge is 2.30. The number of halogens is 2. The van der Waals surface area contributed by atoms with Crippen molar-refractivity contribution in [3.05, 3.63) is 64.5 Å². The summed E-state index contributed by atoms with van der Waals surface area (Å²) < 4.78 is 19.4. The zero-order chi connectivity index (χ0) is 19.4. The van der Waals surface area contributed by atoms with E-state index in [1.54, 1.807) is 6.08 Å². The summed E-state index contributed by atoms with van der Waals surface area (Å²) >= 11 is 3.48. The van der Waals surface area contributed by atoms with Gasteiger partial charge in [0.15, 0.2) is 0 Å². The van der Waals surface area contributed by atoms with Crippen molar-refractivity contribution < 1.29 is 13.9 Å². The van der Waals surface area contributed by atoms with Crippen LogP contribution in [0.25, 0.3) is 6.08 Å². The minimum absolute atomic E-state index is 0.00248. The van der Waals surface area contributed by atoms with Crippen molar-refractivity contribution in [1.29, 1.82) is 0 Å². The summed E-state index contributed by atoms with van der Waals surface area (Å²) in [5.41, 5.74) is 1.55. The van der Waals surface area contributed by atoms with Crippen molar-refractivity contribution in [3.63, 3.8) is 0 Å². The maximum atomic E-state index is 13.1. The van der Waals surface area contributed by atoms with Crippen LogP contribution in [-0.4, -0.2) is 35.0 Å². The van der Waals surface area contributed by atoms with Gasteiger partial charge in [-0.3, -0.25) is 4.79 Å². The number of ether oxygens (including phenoxy) is 1. The molecule has 1 aromatic carbocycles. The van der Waals surface area contributed by atoms with Crippen molar-refractivity contribution in [2.75, 3.05) is 13.2 Å². The van der Waals surface area contributed by atoms with Crippen LogP contribution >= 0.6 is 15.9 Å². The lowest BCUT2D eigenvalue weighted by Gasteiger charge is -2.38. The molecular weight excluding hydrogens is 411 g/mol. The van der Waals surface area contributed by atoms with Crippen molar-refractivity contribution in [3.8, 4) is 5.88 Å². The molecule has 1 saturated heterocycles. The first-order valence-electron chi connectivity index (χ1n) is 8.95. The van der Waals surface area contributed by atoms with E-state index < -0.39 is 5.82 Å². The van der Waals surface area contributed by atoms with Gasteiger partial charge >= 0.3 is 0 Å². The Morgan fingerprint density at radius 3 is 2.93 bits per heavy atom. The second-order valence-electron chi connectivity index (χ2n) is 6.82. The molecule has 1 aliphatic rings. The normalized spacial score (nSPS) is 19.6. The lowest BCUT2D eigenvalue weighted by atomic mass is 9.93. The molecule has 1 aromatic heterocycles. The molecule has 6 heteroatoms. The molecule has 0 saturated carbocycles. The molecule has 0 aliphatic carbocycles. The van der Waals surface area contributed by atoms with Crippen molar-refractivity contribution in [2.24, 2.45) is 5.92 Å². The zero-order valence-corrected chi connectivity index (χ0v) is 16.8. The highest BCUT2D eigenvalue weighted by atomic mass is 79.9. The van der Waals surface area contributed by atoms with Crippen LogP contribution in [0, 0.1) is 11.7 Å². The Kier molecular flexibility index (Phi) is 6.26. The number of pyridine rings is 1. The van der Waals surface area contributed by atoms with Gasteiger partial charge in [-0.2, -0.15) is 0 Å². The molecule has 0 radical (unpaired) electrons. The van der Waals surface area contributed by atoms with Gasteiger partial charge in [0, 0.05) is 29.0 Å². The van der Waals surface area contributed by atoms with Crippen LogP contribution in [0.1, 0.15) is 35.7 Å². The fourth-order valence-electron chi connectivity index (χ4n) is 3.24. The standard InChI is InChI=1S/C21H22BrFN2O2/c1-3-15-6-8-19(22)18(10-15)21(26)25-12-16(5-4-14(25)2)13-27-20-9-7-17(23)11-24-20/h3,6-11,14,16H,1,4-5,12-13H2,2H3/t14-,16-/m1/s1. The number of benzene rings is 1. The van der Waals surface area contributed by atoms with E-state index in [2.05, 4.69) is 34.4 Å². The number of piperidine rings is 1. The summed E-state index contributed by atoms with van der Waals surface area (Å²) in [5, 5.41) is 0. The van der Waals surface area contributed by atoms with E-state index in [4.69, 9.17) is 4.74 Å². The first-order chi connectivity index (χ1) is 13.0. The van der Waals surface area contributed by atoms with Gasteiger partial charge in [-0.25, -0.2) is 9.37 Å². The molecule has 2 heterocycles. The van der Waals surface area contributed by atoms with Crippen molar-refractivity contribution in [2.45, 2.75) is 25.8 Å². The largest absolute Gasteiger partial charge is 0.477 e. The number of carbonyl (C=O) groups excluding carboxylic acids is 1. The van der Waals surface area contributed by atoms with Gasteiger partial charge < -0.3 is 9.64 Å². The van der Waals surface area contributed by atoms with Gasteiger partial charge in [0.25, 0.3) is 5.91 Å². The molecule has 3 rings (SSSR count). The predicted molar refractivity (Wildman–Crippen MR) is 107 cm³/mol. The van der Waals surface area contributed by atoms with E-state index in [1.165, 1.54) is 12.1 Å². The molecule has 1 fully saturated rings. The molecule has 0 N–H and O–H groups in total. The number of likely N-dealkylation sites (tertiary alicyclic amines) is 1. The molecule has 4 nitrogen and oxygen atoms in total. The van der Waals surface area contributed by atoms with Gasteiger partial charge in [0.05, 0.1) is 18.4 Å². The first kappa shape index (κ1) is 19.5. The predicted octanol–water partition coefficient (Wildman–Crippen LogP) is 4.95. The highest BCUT2D eigenvalue weighted by molar-refractivity contribution is 9.10. The smallest absolute Gasteiger partial charge is 0.255 e. The van der Waals surface area contributed by atoms with Gasteiger partial charge in [-0.15, -0.1) is 0 Å². The monoisotopic (exact) mass is 432 g/mol. The van der Waals surface area contributed by atoms with Crippen LogP contribution in [0.2, 0.25) is 0 Å². The summed E-state index contributed by atoms with van der Waals surface area (Å²) in [4.78, 5) is 18.9. The van der Waals surface area contributed by atoms with Gasteiger partial charge in [-0.05, 0) is 59.5 Å². The van der Waals surface area contributed by atoms with Crippen LogP contribution in [0.15, 0.2) is 47.6 Å². The van der Waals surface area contributed by atoms with Crippen LogP contribution in [0.3, 0.4) is 0 Å². The number of rotatable bonds is 5. The van der Waals surface area contributed by atoms with E-state index >= 15 is 0 Å². The first-order valence-corrected chi connectivity index (χ1v) is 9.74. The Morgan fingerprint density at radius 1 is 1.41 bits per heavy atom. The molecule has 27 heavy (non-hydrogen) atoms. The Hall–Kier alpha value is -2.21. The Labute approximate surface area is 167 Å². The SMILES string of the molecule is C=Cc1ccc(Br)c(C(=O)N2C[C@H](COc3ccc(F)cn3)CC[C@H]2C)c1. The number of amides is 1. The Bertz CT molecular complexity index is 825. The average molecular weight is 433 g/mol. The molecule has 2 aromatic rings. The summed E-state index contributed by atoms with van der Waals surface area (Å²) in [6.45, 7) is 6.91. The molecule has 0 spiro atoms. The van der Waals surface area contributed by atoms with Crippen molar-refractivity contribution in [1.82, 2.24) is 9.88 Å². The minimum atomic E-state index is -0.391. The molecular formula is C21H22BrFN2O2. The molecule has 1 amide bonds. The maximum Gasteiger partial charge on any atom is 0.255 e. The second kappa shape index (κ2) is 8.65. The van der Waals surface area contributed by atoms with E-state index in [-0.39, 0.29) is 17.9 Å². The van der Waals surface area contributed by atoms with Crippen LogP contribution in [0.5, 0.6) is 5.88 Å². The van der Waals surface area contributed by atoms with Gasteiger partial charge in [0.2, 0.25) is 5.88 Å². The Balaban J connectivity index is 1.68. The lowest BCUT2D eigenvalue weighted by Crippen LogP contribution is -2.46.